The molecule has 0 bridgehead atoms. The van der Waals surface area contributed by atoms with Gasteiger partial charge in [0.15, 0.2) is 0 Å². The lowest BCUT2D eigenvalue weighted by Crippen LogP contribution is -1.92. The zero-order valence-corrected chi connectivity index (χ0v) is 9.50. The van der Waals surface area contributed by atoms with Crippen LogP contribution >= 0.6 is 0 Å². The van der Waals surface area contributed by atoms with Crippen molar-refractivity contribution in [2.45, 2.75) is 0 Å². The van der Waals surface area contributed by atoms with Crippen LogP contribution in [0.3, 0.4) is 0 Å². The van der Waals surface area contributed by atoms with Crippen molar-refractivity contribution in [1.29, 1.82) is 0 Å². The lowest BCUT2D eigenvalue weighted by molar-refractivity contribution is 0.415. The zero-order chi connectivity index (χ0) is 11.9. The van der Waals surface area contributed by atoms with E-state index in [1.807, 2.05) is 42.5 Å². The Hall–Kier alpha value is -2.36. The Morgan fingerprint density at radius 3 is 2.65 bits per heavy atom. The van der Waals surface area contributed by atoms with Gasteiger partial charge < -0.3 is 4.74 Å². The largest absolute Gasteiger partial charge is 0.497 e. The molecule has 0 saturated heterocycles. The molecule has 0 spiro atoms. The Bertz CT molecular complexity index is 480. The third-order valence-electron chi connectivity index (χ3n) is 2.17. The summed E-state index contributed by atoms with van der Waals surface area (Å²) in [5, 5.41) is 4.09. The Balaban J connectivity index is 1.96. The second kappa shape index (κ2) is 5.65. The van der Waals surface area contributed by atoms with E-state index in [0.717, 1.165) is 17.1 Å². The molecular formula is C13H13N3O. The molecule has 0 unspecified atom stereocenters. The third kappa shape index (κ3) is 3.31. The van der Waals surface area contributed by atoms with E-state index in [-0.39, 0.29) is 0 Å². The molecule has 1 aromatic heterocycles. The predicted molar refractivity (Wildman–Crippen MR) is 68.4 cm³/mol. The van der Waals surface area contributed by atoms with Gasteiger partial charge >= 0.3 is 0 Å². The van der Waals surface area contributed by atoms with Crippen molar-refractivity contribution in [2.24, 2.45) is 5.10 Å². The van der Waals surface area contributed by atoms with Gasteiger partial charge in [-0.15, -0.1) is 0 Å². The number of anilines is 1. The number of hydrazone groups is 1. The van der Waals surface area contributed by atoms with Crippen molar-refractivity contribution in [3.63, 3.8) is 0 Å². The lowest BCUT2D eigenvalue weighted by atomic mass is 10.2. The summed E-state index contributed by atoms with van der Waals surface area (Å²) in [6, 6.07) is 13.3. The van der Waals surface area contributed by atoms with Crippen LogP contribution in [0.5, 0.6) is 5.75 Å². The summed E-state index contributed by atoms with van der Waals surface area (Å²) in [6.07, 6.45) is 3.44. The Labute approximate surface area is 100.0 Å². The molecular weight excluding hydrogens is 214 g/mol. The highest BCUT2D eigenvalue weighted by atomic mass is 16.5. The Morgan fingerprint density at radius 1 is 1.18 bits per heavy atom. The molecule has 0 aliphatic rings. The van der Waals surface area contributed by atoms with Crippen LogP contribution in [-0.4, -0.2) is 18.3 Å². The van der Waals surface area contributed by atoms with E-state index in [4.69, 9.17) is 4.74 Å². The smallest absolute Gasteiger partial charge is 0.146 e. The summed E-state index contributed by atoms with van der Waals surface area (Å²) < 4.78 is 5.07. The van der Waals surface area contributed by atoms with Crippen molar-refractivity contribution in [3.05, 3.63) is 54.2 Å². The summed E-state index contributed by atoms with van der Waals surface area (Å²) >= 11 is 0. The molecule has 0 atom stereocenters. The van der Waals surface area contributed by atoms with Crippen LogP contribution < -0.4 is 10.2 Å². The molecule has 1 heterocycles. The summed E-state index contributed by atoms with van der Waals surface area (Å²) in [4.78, 5) is 4.09. The second-order valence-corrected chi connectivity index (χ2v) is 3.36. The molecule has 2 aromatic rings. The average Bonchev–Trinajstić information content (AvgIpc) is 2.41. The zero-order valence-electron chi connectivity index (χ0n) is 9.50. The number of benzene rings is 1. The number of hydrogen-bond donors (Lipinski definition) is 1. The van der Waals surface area contributed by atoms with Crippen LogP contribution in [0.1, 0.15) is 5.56 Å². The number of nitrogens with one attached hydrogen (secondary N) is 1. The molecule has 4 heteroatoms. The van der Waals surface area contributed by atoms with E-state index in [1.54, 1.807) is 19.5 Å². The van der Waals surface area contributed by atoms with Crippen LogP contribution in [0.4, 0.5) is 5.82 Å². The molecule has 0 aliphatic carbocycles. The molecule has 1 N–H and O–H groups in total. The molecule has 2 rings (SSSR count). The number of aromatic nitrogens is 1. The number of nitrogens with zero attached hydrogens (tertiary/aromatic N) is 2. The van der Waals surface area contributed by atoms with Crippen molar-refractivity contribution in [2.75, 3.05) is 12.5 Å². The molecule has 0 saturated carbocycles. The van der Waals surface area contributed by atoms with Gasteiger partial charge in [-0.3, -0.25) is 5.43 Å². The Kier molecular flexibility index (Phi) is 3.70. The van der Waals surface area contributed by atoms with Crippen LogP contribution in [0.25, 0.3) is 0 Å². The number of ether oxygens (including phenoxy) is 1. The van der Waals surface area contributed by atoms with Crippen molar-refractivity contribution >= 4 is 12.0 Å². The predicted octanol–water partition coefficient (Wildman–Crippen LogP) is 2.54. The minimum atomic E-state index is 0.720. The number of hydrogen-bond acceptors (Lipinski definition) is 4. The third-order valence-corrected chi connectivity index (χ3v) is 2.17. The first-order chi connectivity index (χ1) is 8.38. The van der Waals surface area contributed by atoms with Gasteiger partial charge in [0.2, 0.25) is 0 Å². The highest BCUT2D eigenvalue weighted by Gasteiger charge is 1.91. The molecule has 4 nitrogen and oxygen atoms in total. The maximum absolute atomic E-state index is 5.07. The highest BCUT2D eigenvalue weighted by molar-refractivity contribution is 5.80. The van der Waals surface area contributed by atoms with Crippen molar-refractivity contribution < 1.29 is 4.74 Å². The van der Waals surface area contributed by atoms with Crippen molar-refractivity contribution in [1.82, 2.24) is 4.98 Å². The Morgan fingerprint density at radius 2 is 2.00 bits per heavy atom. The first kappa shape index (κ1) is 11.1. The fourth-order valence-corrected chi connectivity index (χ4v) is 1.29. The average molecular weight is 227 g/mol. The fraction of sp³-hybridized carbons (Fsp3) is 0.0769. The highest BCUT2D eigenvalue weighted by Crippen LogP contribution is 2.09. The van der Waals surface area contributed by atoms with E-state index < -0.39 is 0 Å². The summed E-state index contributed by atoms with van der Waals surface area (Å²) in [7, 11) is 1.64. The van der Waals surface area contributed by atoms with Crippen molar-refractivity contribution in [3.8, 4) is 5.75 Å². The first-order valence-corrected chi connectivity index (χ1v) is 5.22. The number of methoxy groups -OCH3 is 1. The standard InChI is InChI=1S/C13H13N3O/c1-17-12-7-5-11(6-8-12)10-15-16-13-4-2-3-9-14-13/h2-10H,1H3,(H,14,16)/b15-10+. The molecule has 0 amide bonds. The summed E-state index contributed by atoms with van der Waals surface area (Å²) in [5.74, 6) is 1.55. The fourth-order valence-electron chi connectivity index (χ4n) is 1.29. The van der Waals surface area contributed by atoms with Gasteiger partial charge in [0.25, 0.3) is 0 Å². The molecule has 17 heavy (non-hydrogen) atoms. The van der Waals surface area contributed by atoms with E-state index in [9.17, 15) is 0 Å². The maximum Gasteiger partial charge on any atom is 0.146 e. The van der Waals surface area contributed by atoms with Crippen LogP contribution in [0.2, 0.25) is 0 Å². The second-order valence-electron chi connectivity index (χ2n) is 3.36. The van der Waals surface area contributed by atoms with Gasteiger partial charge in [-0.25, -0.2) is 4.98 Å². The molecule has 0 radical (unpaired) electrons. The topological polar surface area (TPSA) is 46.5 Å². The van der Waals surface area contributed by atoms with Gasteiger partial charge in [0, 0.05) is 6.20 Å². The number of rotatable bonds is 4. The molecule has 0 aliphatic heterocycles. The van der Waals surface area contributed by atoms with Gasteiger partial charge in [-0.05, 0) is 42.0 Å². The normalized spacial score (nSPS) is 10.4. The number of pyridine rings is 1. The van der Waals surface area contributed by atoms with E-state index in [0.29, 0.717) is 0 Å². The van der Waals surface area contributed by atoms with E-state index >= 15 is 0 Å². The first-order valence-electron chi connectivity index (χ1n) is 5.22. The monoisotopic (exact) mass is 227 g/mol. The SMILES string of the molecule is COc1ccc(/C=N/Nc2ccccn2)cc1. The van der Waals surface area contributed by atoms with Crippen LogP contribution in [-0.2, 0) is 0 Å². The van der Waals surface area contributed by atoms with Gasteiger partial charge in [0.1, 0.15) is 11.6 Å². The van der Waals surface area contributed by atoms with Gasteiger partial charge in [-0.1, -0.05) is 6.07 Å². The van der Waals surface area contributed by atoms with Gasteiger partial charge in [-0.2, -0.15) is 5.10 Å². The molecule has 0 fully saturated rings. The molecule has 86 valence electrons. The van der Waals surface area contributed by atoms with Gasteiger partial charge in [0.05, 0.1) is 13.3 Å². The van der Waals surface area contributed by atoms with Crippen LogP contribution in [0, 0.1) is 0 Å². The minimum absolute atomic E-state index is 0.720. The summed E-state index contributed by atoms with van der Waals surface area (Å²) in [6.45, 7) is 0. The van der Waals surface area contributed by atoms with E-state index in [2.05, 4.69) is 15.5 Å². The molecule has 1 aromatic carbocycles. The lowest BCUT2D eigenvalue weighted by Gasteiger charge is -1.99. The quantitative estimate of drug-likeness (QED) is 0.645. The summed E-state index contributed by atoms with van der Waals surface area (Å²) in [5.41, 5.74) is 3.84. The van der Waals surface area contributed by atoms with E-state index in [1.165, 1.54) is 0 Å². The maximum atomic E-state index is 5.07. The van der Waals surface area contributed by atoms with Crippen LogP contribution in [0.15, 0.2) is 53.8 Å². The minimum Gasteiger partial charge on any atom is -0.497 e.